The molecule has 0 radical (unpaired) electrons. The fraction of sp³-hybridized carbons (Fsp3) is 0.667. The van der Waals surface area contributed by atoms with Crippen molar-refractivity contribution in [3.63, 3.8) is 0 Å². The van der Waals surface area contributed by atoms with E-state index in [1.807, 2.05) is 0 Å². The third-order valence-corrected chi connectivity index (χ3v) is 2.81. The van der Waals surface area contributed by atoms with Gasteiger partial charge in [-0.25, -0.2) is 0 Å². The van der Waals surface area contributed by atoms with Crippen LogP contribution in [-0.4, -0.2) is 26.9 Å². The Morgan fingerprint density at radius 1 is 1.50 bits per heavy atom. The van der Waals surface area contributed by atoms with Crippen LogP contribution in [0.5, 0.6) is 0 Å². The van der Waals surface area contributed by atoms with Crippen molar-refractivity contribution in [3.8, 4) is 0 Å². The van der Waals surface area contributed by atoms with Gasteiger partial charge in [-0.1, -0.05) is 13.8 Å². The molecule has 1 rings (SSSR count). The van der Waals surface area contributed by atoms with E-state index < -0.39 is 23.9 Å². The van der Waals surface area contributed by atoms with Crippen LogP contribution in [0.25, 0.3) is 0 Å². The van der Waals surface area contributed by atoms with E-state index in [0.29, 0.717) is 0 Å². The highest BCUT2D eigenvalue weighted by atomic mass is 19.4. The molecule has 1 unspecified atom stereocenters. The number of aromatic nitrogens is 2. The highest BCUT2D eigenvalue weighted by molar-refractivity contribution is 5.76. The molecule has 20 heavy (non-hydrogen) atoms. The molecule has 8 heteroatoms. The molecule has 2 N–H and O–H groups in total. The van der Waals surface area contributed by atoms with Gasteiger partial charge in [0.05, 0.1) is 12.5 Å². The van der Waals surface area contributed by atoms with E-state index in [1.165, 1.54) is 13.2 Å². The zero-order valence-corrected chi connectivity index (χ0v) is 11.5. The summed E-state index contributed by atoms with van der Waals surface area (Å²) in [6.45, 7) is 3.23. The van der Waals surface area contributed by atoms with Gasteiger partial charge in [-0.3, -0.25) is 9.48 Å². The molecule has 114 valence electrons. The third kappa shape index (κ3) is 4.52. The van der Waals surface area contributed by atoms with Gasteiger partial charge >= 0.3 is 6.18 Å². The Morgan fingerprint density at radius 3 is 2.60 bits per heavy atom. The van der Waals surface area contributed by atoms with Crippen LogP contribution in [0, 0.1) is 5.92 Å². The van der Waals surface area contributed by atoms with E-state index in [2.05, 4.69) is 10.4 Å². The molecular formula is C12H18F3N3O2. The van der Waals surface area contributed by atoms with Crippen molar-refractivity contribution in [2.24, 2.45) is 13.0 Å². The Hall–Kier alpha value is -1.57. The van der Waals surface area contributed by atoms with Gasteiger partial charge in [0, 0.05) is 25.4 Å². The summed E-state index contributed by atoms with van der Waals surface area (Å²) in [5, 5.41) is 15.2. The molecule has 0 fully saturated rings. The lowest BCUT2D eigenvalue weighted by Crippen LogP contribution is -2.29. The summed E-state index contributed by atoms with van der Waals surface area (Å²) in [6.07, 6.45) is -4.30. The van der Waals surface area contributed by atoms with Crippen molar-refractivity contribution in [1.82, 2.24) is 15.1 Å². The standard InChI is InChI=1S/C12H18F3N3O2/c1-7(2)9(19)4-10(20)16-5-8-6-18(3)17-11(8)12(13,14)15/h6-7,9,19H,4-5H2,1-3H3,(H,16,20). The lowest BCUT2D eigenvalue weighted by Gasteiger charge is -2.14. The number of hydrogen-bond acceptors (Lipinski definition) is 3. The minimum atomic E-state index is -4.56. The molecular weight excluding hydrogens is 275 g/mol. The minimum Gasteiger partial charge on any atom is -0.392 e. The average molecular weight is 293 g/mol. The Balaban J connectivity index is 2.64. The number of aliphatic hydroxyl groups is 1. The van der Waals surface area contributed by atoms with Crippen LogP contribution >= 0.6 is 0 Å². The van der Waals surface area contributed by atoms with Gasteiger partial charge in [-0.15, -0.1) is 0 Å². The Kier molecular flexibility index (Phi) is 5.15. The van der Waals surface area contributed by atoms with Crippen LogP contribution in [0.3, 0.4) is 0 Å². The number of aliphatic hydroxyl groups excluding tert-OH is 1. The summed E-state index contributed by atoms with van der Waals surface area (Å²) in [5.74, 6) is -0.590. The van der Waals surface area contributed by atoms with Gasteiger partial charge in [-0.05, 0) is 5.92 Å². The quantitative estimate of drug-likeness (QED) is 0.863. The van der Waals surface area contributed by atoms with Gasteiger partial charge in [0.1, 0.15) is 0 Å². The normalized spacial score (nSPS) is 13.6. The van der Waals surface area contributed by atoms with Crippen molar-refractivity contribution in [1.29, 1.82) is 0 Å². The third-order valence-electron chi connectivity index (χ3n) is 2.81. The smallest absolute Gasteiger partial charge is 0.392 e. The number of nitrogens with zero attached hydrogens (tertiary/aromatic N) is 2. The van der Waals surface area contributed by atoms with Crippen LogP contribution in [0.15, 0.2) is 6.20 Å². The summed E-state index contributed by atoms with van der Waals surface area (Å²) in [5.41, 5.74) is -1.11. The summed E-state index contributed by atoms with van der Waals surface area (Å²) < 4.78 is 39.1. The first-order valence-corrected chi connectivity index (χ1v) is 6.15. The Morgan fingerprint density at radius 2 is 2.10 bits per heavy atom. The van der Waals surface area contributed by atoms with Crippen LogP contribution in [-0.2, 0) is 24.6 Å². The highest BCUT2D eigenvalue weighted by Crippen LogP contribution is 2.30. The predicted octanol–water partition coefficient (Wildman–Crippen LogP) is 1.46. The first-order chi connectivity index (χ1) is 9.11. The molecule has 0 bridgehead atoms. The van der Waals surface area contributed by atoms with Gasteiger partial charge in [0.15, 0.2) is 5.69 Å². The topological polar surface area (TPSA) is 67.2 Å². The molecule has 0 spiro atoms. The van der Waals surface area contributed by atoms with Crippen LogP contribution in [0.1, 0.15) is 31.5 Å². The molecule has 0 aliphatic rings. The molecule has 0 aliphatic heterocycles. The Labute approximate surface area is 114 Å². The number of aryl methyl sites for hydroxylation is 1. The molecule has 1 atom stereocenters. The van der Waals surface area contributed by atoms with E-state index in [-0.39, 0.29) is 24.4 Å². The molecule has 0 saturated heterocycles. The maximum absolute atomic E-state index is 12.7. The van der Waals surface area contributed by atoms with E-state index in [4.69, 9.17) is 0 Å². The van der Waals surface area contributed by atoms with Gasteiger partial charge in [-0.2, -0.15) is 18.3 Å². The SMILES string of the molecule is CC(C)C(O)CC(=O)NCc1cn(C)nc1C(F)(F)F. The minimum absolute atomic E-state index is 0.0927. The first-order valence-electron chi connectivity index (χ1n) is 6.15. The maximum Gasteiger partial charge on any atom is 0.435 e. The average Bonchev–Trinajstić information content (AvgIpc) is 2.67. The van der Waals surface area contributed by atoms with Crippen molar-refractivity contribution in [2.75, 3.05) is 0 Å². The fourth-order valence-electron chi connectivity index (χ4n) is 1.60. The molecule has 1 aromatic rings. The number of hydrogen-bond donors (Lipinski definition) is 2. The summed E-state index contributed by atoms with van der Waals surface area (Å²) >= 11 is 0. The second-order valence-electron chi connectivity index (χ2n) is 4.97. The van der Waals surface area contributed by atoms with E-state index in [9.17, 15) is 23.1 Å². The Bertz CT molecular complexity index is 469. The zero-order valence-electron chi connectivity index (χ0n) is 11.5. The number of halogens is 3. The second-order valence-corrected chi connectivity index (χ2v) is 4.97. The highest BCUT2D eigenvalue weighted by Gasteiger charge is 2.36. The number of rotatable bonds is 5. The van der Waals surface area contributed by atoms with E-state index in [0.717, 1.165) is 4.68 Å². The number of carbonyl (C=O) groups is 1. The lowest BCUT2D eigenvalue weighted by molar-refractivity contribution is -0.142. The van der Waals surface area contributed by atoms with Crippen LogP contribution in [0.2, 0.25) is 0 Å². The largest absolute Gasteiger partial charge is 0.435 e. The van der Waals surface area contributed by atoms with Crippen molar-refractivity contribution < 1.29 is 23.1 Å². The van der Waals surface area contributed by atoms with Gasteiger partial charge in [0.25, 0.3) is 0 Å². The number of amides is 1. The number of carbonyl (C=O) groups excluding carboxylic acids is 1. The van der Waals surface area contributed by atoms with Gasteiger partial charge < -0.3 is 10.4 Å². The van der Waals surface area contributed by atoms with Crippen molar-refractivity contribution >= 4 is 5.91 Å². The van der Waals surface area contributed by atoms with Crippen LogP contribution < -0.4 is 5.32 Å². The van der Waals surface area contributed by atoms with Gasteiger partial charge in [0.2, 0.25) is 5.91 Å². The fourth-order valence-corrected chi connectivity index (χ4v) is 1.60. The van der Waals surface area contributed by atoms with Crippen molar-refractivity contribution in [3.05, 3.63) is 17.5 Å². The molecule has 5 nitrogen and oxygen atoms in total. The second kappa shape index (κ2) is 6.25. The number of alkyl halides is 3. The lowest BCUT2D eigenvalue weighted by atomic mass is 10.0. The molecule has 0 aromatic carbocycles. The maximum atomic E-state index is 12.7. The summed E-state index contributed by atoms with van der Waals surface area (Å²) in [7, 11) is 1.38. The monoisotopic (exact) mass is 293 g/mol. The molecule has 1 amide bonds. The predicted molar refractivity (Wildman–Crippen MR) is 65.5 cm³/mol. The molecule has 0 saturated carbocycles. The van der Waals surface area contributed by atoms with Crippen LogP contribution in [0.4, 0.5) is 13.2 Å². The molecule has 0 aliphatic carbocycles. The molecule has 1 aromatic heterocycles. The van der Waals surface area contributed by atoms with Crippen molar-refractivity contribution in [2.45, 2.75) is 39.1 Å². The summed E-state index contributed by atoms with van der Waals surface area (Å²) in [6, 6.07) is 0. The molecule has 1 heterocycles. The van der Waals surface area contributed by atoms with E-state index >= 15 is 0 Å². The summed E-state index contributed by atoms with van der Waals surface area (Å²) in [4.78, 5) is 11.5. The number of nitrogens with one attached hydrogen (secondary N) is 1. The zero-order chi connectivity index (χ0) is 15.5. The first kappa shape index (κ1) is 16.5. The van der Waals surface area contributed by atoms with E-state index in [1.54, 1.807) is 13.8 Å².